The second-order valence-electron chi connectivity index (χ2n) is 22.0. The van der Waals surface area contributed by atoms with Crippen LogP contribution in [0.1, 0.15) is 133 Å². The van der Waals surface area contributed by atoms with Crippen molar-refractivity contribution in [2.24, 2.45) is 0 Å². The molecule has 10 rings (SSSR count). The van der Waals surface area contributed by atoms with Gasteiger partial charge in [-0.25, -0.2) is 19.6 Å². The second kappa shape index (κ2) is 37.4. The molecule has 2 aliphatic rings. The third kappa shape index (κ3) is 19.4. The average molecular weight is 1330 g/mol. The van der Waals surface area contributed by atoms with Crippen LogP contribution in [0.25, 0.3) is 33.3 Å². The van der Waals surface area contributed by atoms with Crippen molar-refractivity contribution in [1.82, 2.24) is 19.1 Å². The Balaban J connectivity index is 0.000000196. The van der Waals surface area contributed by atoms with E-state index in [4.69, 9.17) is 76.9 Å². The zero-order valence-electron chi connectivity index (χ0n) is 53.6. The molecule has 4 aromatic heterocycles. The summed E-state index contributed by atoms with van der Waals surface area (Å²) in [7, 11) is 4.55. The topological polar surface area (TPSA) is 221 Å². The lowest BCUT2D eigenvalue weighted by Crippen LogP contribution is -2.31. The number of methoxy groups -OCH3 is 4. The normalized spacial score (nSPS) is 13.4. The number of nitrogens with zero attached hydrogens (tertiary/aromatic N) is 4. The number of carbonyl (C=O) groups excluding carboxylic acids is 2. The van der Waals surface area contributed by atoms with Gasteiger partial charge in [-0.05, 0) is 132 Å². The van der Waals surface area contributed by atoms with Crippen molar-refractivity contribution in [2.45, 2.75) is 116 Å². The smallest absolute Gasteiger partial charge is 0.468 e. The molecule has 0 unspecified atom stereocenters. The number of halogens is 1. The molecule has 0 bridgehead atoms. The first kappa shape index (κ1) is 70.5. The lowest BCUT2D eigenvalue weighted by Gasteiger charge is -2.24. The number of ether oxygens (including phenoxy) is 12. The zero-order chi connectivity index (χ0) is 65.0. The summed E-state index contributed by atoms with van der Waals surface area (Å²) in [5.41, 5.74) is 9.13. The lowest BCUT2D eigenvalue weighted by molar-refractivity contribution is 0.0460. The van der Waals surface area contributed by atoms with E-state index < -0.39 is 13.1 Å². The first-order valence-corrected chi connectivity index (χ1v) is 32.2. The number of hydrogen-bond donors (Lipinski definition) is 2. The Labute approximate surface area is 547 Å². The van der Waals surface area contributed by atoms with Gasteiger partial charge < -0.3 is 76.0 Å². The zero-order valence-corrected chi connectivity index (χ0v) is 55.2. The van der Waals surface area contributed by atoms with Gasteiger partial charge in [-0.1, -0.05) is 105 Å². The SMILES string of the molecule is CCOC(=O)c1ccc2c(C3CCCCC3)c(-c3ccc(OCOC)cc3OCOC)n(CCOCc3ccccc3)c2n1.CCOC(=O)c1ccc2c(C3CCCCC3)c(Br)n(CCOCc3ccccc3)c2n1.COCOc1ccc(B(O)O)c(OCOC)c1. The molecular weight excluding hydrogens is 1240 g/mol. The fourth-order valence-electron chi connectivity index (χ4n) is 11.6. The molecule has 2 fully saturated rings. The Kier molecular flexibility index (Phi) is 28.6. The van der Waals surface area contributed by atoms with Crippen molar-refractivity contribution in [3.05, 3.63) is 160 Å². The van der Waals surface area contributed by atoms with Crippen LogP contribution in [0.2, 0.25) is 0 Å². The average Bonchev–Trinajstić information content (AvgIpc) is 1.62. The summed E-state index contributed by atoms with van der Waals surface area (Å²) in [5.74, 6) is 2.07. The first-order chi connectivity index (χ1) is 45.0. The number of benzene rings is 4. The van der Waals surface area contributed by atoms with Crippen LogP contribution < -0.4 is 24.4 Å². The maximum Gasteiger partial charge on any atom is 0.492 e. The Morgan fingerprint density at radius 1 is 0.533 bits per heavy atom. The highest BCUT2D eigenvalue weighted by molar-refractivity contribution is 9.10. The molecule has 4 heterocycles. The van der Waals surface area contributed by atoms with Gasteiger partial charge in [0.1, 0.15) is 34.3 Å². The molecule has 0 radical (unpaired) electrons. The van der Waals surface area contributed by atoms with E-state index in [-0.39, 0.29) is 56.7 Å². The summed E-state index contributed by atoms with van der Waals surface area (Å²) in [6.45, 7) is 7.80. The highest BCUT2D eigenvalue weighted by Gasteiger charge is 2.31. The van der Waals surface area contributed by atoms with Crippen molar-refractivity contribution in [1.29, 1.82) is 0 Å². The standard InChI is InChI=1S/C35H42N2O7.C25H29BrN2O3.C10H15BO6/c1-4-42-35(38)30-18-17-29-32(26-13-9-6-10-14-26)33(28-16-15-27(43-23-39-2)21-31(28)44-24-40-3)37(34(29)36-30)19-20-41-22-25-11-7-5-8-12-25;1-2-31-25(29)21-14-13-20-22(19-11-7-4-8-12-19)23(26)28(24(20)27-21)15-16-30-17-18-9-5-3-6-10-18;1-14-6-16-8-3-4-9(11(12)13)10(5-8)17-7-15-2/h5,7-8,11-12,15-18,21,26H,4,6,9-10,13-14,19-20,22-24H2,1-3H3;3,5-6,9-10,13-14,19H,2,4,7-8,11-12,15-17H2,1H3;3-5,12-13H,6-7H2,1-2H3. The summed E-state index contributed by atoms with van der Waals surface area (Å²) in [5, 5.41) is 20.4. The van der Waals surface area contributed by atoms with E-state index in [2.05, 4.69) is 49.3 Å². The number of esters is 2. The Morgan fingerprint density at radius 2 is 0.978 bits per heavy atom. The molecular formula is C70H86BBrN4O16. The fourth-order valence-corrected chi connectivity index (χ4v) is 12.5. The summed E-state index contributed by atoms with van der Waals surface area (Å²) >= 11 is 3.87. The molecule has 492 valence electrons. The largest absolute Gasteiger partial charge is 0.492 e. The van der Waals surface area contributed by atoms with Crippen molar-refractivity contribution < 1.29 is 76.5 Å². The maximum atomic E-state index is 12.8. The lowest BCUT2D eigenvalue weighted by atomic mass is 9.79. The minimum Gasteiger partial charge on any atom is -0.468 e. The number of fused-ring (bicyclic) bond motifs is 2. The van der Waals surface area contributed by atoms with Gasteiger partial charge >= 0.3 is 19.1 Å². The van der Waals surface area contributed by atoms with E-state index >= 15 is 0 Å². The summed E-state index contributed by atoms with van der Waals surface area (Å²) in [4.78, 5) is 34.7. The van der Waals surface area contributed by atoms with E-state index in [1.807, 2.05) is 66.7 Å². The van der Waals surface area contributed by atoms with Gasteiger partial charge in [0.05, 0.1) is 49.9 Å². The van der Waals surface area contributed by atoms with E-state index in [1.54, 1.807) is 46.3 Å². The highest BCUT2D eigenvalue weighted by Crippen LogP contribution is 2.47. The number of aromatic nitrogens is 4. The van der Waals surface area contributed by atoms with Crippen LogP contribution in [-0.4, -0.2) is 130 Å². The van der Waals surface area contributed by atoms with Crippen molar-refractivity contribution in [2.75, 3.05) is 82.0 Å². The summed E-state index contributed by atoms with van der Waals surface area (Å²) < 4.78 is 70.2. The monoisotopic (exact) mass is 1330 g/mol. The van der Waals surface area contributed by atoms with E-state index in [0.717, 1.165) is 61.9 Å². The summed E-state index contributed by atoms with van der Waals surface area (Å²) in [6, 6.07) is 38.3. The molecule has 0 aliphatic heterocycles. The molecule has 0 amide bonds. The number of carbonyl (C=O) groups is 2. The van der Waals surface area contributed by atoms with Crippen LogP contribution in [0.15, 0.2) is 126 Å². The van der Waals surface area contributed by atoms with Gasteiger partial charge in [-0.3, -0.25) is 0 Å². The van der Waals surface area contributed by atoms with Crippen LogP contribution in [0.3, 0.4) is 0 Å². The third-order valence-corrected chi connectivity index (χ3v) is 16.6. The second-order valence-corrected chi connectivity index (χ2v) is 22.8. The molecule has 22 heteroatoms. The molecule has 0 atom stereocenters. The molecule has 4 aromatic carbocycles. The molecule has 92 heavy (non-hydrogen) atoms. The first-order valence-electron chi connectivity index (χ1n) is 31.4. The number of pyridine rings is 2. The Hall–Kier alpha value is -7.38. The molecule has 2 N–H and O–H groups in total. The number of hydrogen-bond acceptors (Lipinski definition) is 18. The predicted octanol–water partition coefficient (Wildman–Crippen LogP) is 12.7. The van der Waals surface area contributed by atoms with Crippen molar-refractivity contribution in [3.8, 4) is 34.3 Å². The van der Waals surface area contributed by atoms with Gasteiger partial charge in [0.15, 0.2) is 38.6 Å². The number of rotatable bonds is 30. The van der Waals surface area contributed by atoms with E-state index in [9.17, 15) is 9.59 Å². The van der Waals surface area contributed by atoms with Crippen LogP contribution in [0, 0.1) is 0 Å². The van der Waals surface area contributed by atoms with Gasteiger partial charge in [-0.15, -0.1) is 0 Å². The van der Waals surface area contributed by atoms with Gasteiger partial charge in [0.25, 0.3) is 0 Å². The Bertz CT molecular complexity index is 3560. The van der Waals surface area contributed by atoms with Gasteiger partial charge in [-0.2, -0.15) is 0 Å². The molecule has 0 spiro atoms. The molecule has 20 nitrogen and oxygen atoms in total. The van der Waals surface area contributed by atoms with Crippen molar-refractivity contribution >= 4 is 62.5 Å². The van der Waals surface area contributed by atoms with Crippen LogP contribution in [-0.2, 0) is 64.2 Å². The van der Waals surface area contributed by atoms with Gasteiger partial charge in [0.2, 0.25) is 0 Å². The maximum absolute atomic E-state index is 12.8. The Morgan fingerprint density at radius 3 is 1.48 bits per heavy atom. The third-order valence-electron chi connectivity index (χ3n) is 15.8. The molecule has 2 aliphatic carbocycles. The molecule has 2 saturated carbocycles. The molecule has 0 saturated heterocycles. The highest BCUT2D eigenvalue weighted by atomic mass is 79.9. The predicted molar refractivity (Wildman–Crippen MR) is 355 cm³/mol. The van der Waals surface area contributed by atoms with Crippen LogP contribution in [0.4, 0.5) is 0 Å². The van der Waals surface area contributed by atoms with E-state index in [0.29, 0.717) is 80.9 Å². The van der Waals surface area contributed by atoms with Gasteiger partial charge in [0, 0.05) is 75.5 Å². The summed E-state index contributed by atoms with van der Waals surface area (Å²) in [6.07, 6.45) is 12.0. The van der Waals surface area contributed by atoms with Crippen LogP contribution in [0.5, 0.6) is 23.0 Å². The van der Waals surface area contributed by atoms with Crippen molar-refractivity contribution in [3.63, 3.8) is 0 Å². The fraction of sp³-hybridized carbons (Fsp3) is 0.429. The minimum atomic E-state index is -1.61. The van der Waals surface area contributed by atoms with E-state index in [1.165, 1.54) is 88.8 Å². The molecule has 8 aromatic rings. The van der Waals surface area contributed by atoms with Crippen LogP contribution >= 0.6 is 15.9 Å². The quantitative estimate of drug-likeness (QED) is 0.0185. The minimum absolute atomic E-state index is 0.00739.